The van der Waals surface area contributed by atoms with Crippen LogP contribution in [0, 0.1) is 0 Å². The average Bonchev–Trinajstić information content (AvgIpc) is 2.99. The summed E-state index contributed by atoms with van der Waals surface area (Å²) in [7, 11) is 1.20. The highest BCUT2D eigenvalue weighted by Gasteiger charge is 2.41. The molecule has 3 amide bonds. The maximum absolute atomic E-state index is 13.3. The zero-order chi connectivity index (χ0) is 21.1. The Morgan fingerprint density at radius 1 is 1.07 bits per heavy atom. The second kappa shape index (κ2) is 8.34. The van der Waals surface area contributed by atoms with E-state index >= 15 is 0 Å². The molecular formula is C22H25N3O4. The van der Waals surface area contributed by atoms with Crippen LogP contribution in [0.3, 0.4) is 0 Å². The van der Waals surface area contributed by atoms with E-state index in [4.69, 9.17) is 5.11 Å². The van der Waals surface area contributed by atoms with Crippen LogP contribution in [0.1, 0.15) is 42.9 Å². The molecule has 152 valence electrons. The number of anilines is 2. The molecule has 0 bridgehead atoms. The van der Waals surface area contributed by atoms with Crippen molar-refractivity contribution in [3.05, 3.63) is 59.2 Å². The lowest BCUT2D eigenvalue weighted by Gasteiger charge is -2.24. The molecule has 1 aliphatic heterocycles. The van der Waals surface area contributed by atoms with Crippen LogP contribution in [0.2, 0.25) is 0 Å². The third-order valence-electron chi connectivity index (χ3n) is 5.32. The number of carbonyl (C=O) groups is 3. The normalized spacial score (nSPS) is 15.2. The molecule has 1 aliphatic rings. The van der Waals surface area contributed by atoms with Gasteiger partial charge in [0, 0.05) is 13.5 Å². The second-order valence-corrected chi connectivity index (χ2v) is 7.00. The van der Waals surface area contributed by atoms with Crippen molar-refractivity contribution in [3.8, 4) is 0 Å². The van der Waals surface area contributed by atoms with Crippen LogP contribution in [-0.4, -0.2) is 35.0 Å². The molecule has 0 saturated heterocycles. The molecule has 7 heteroatoms. The van der Waals surface area contributed by atoms with Crippen molar-refractivity contribution < 1.29 is 19.5 Å². The first-order chi connectivity index (χ1) is 13.9. The van der Waals surface area contributed by atoms with Gasteiger partial charge in [0.25, 0.3) is 5.91 Å². The number of hydrogen-bond donors (Lipinski definition) is 2. The van der Waals surface area contributed by atoms with Crippen LogP contribution in [-0.2, 0) is 22.4 Å². The minimum atomic E-state index is -1.34. The predicted octanol–water partition coefficient (Wildman–Crippen LogP) is 3.80. The number of fused-ring (bicyclic) bond motifs is 1. The van der Waals surface area contributed by atoms with E-state index in [0.717, 1.165) is 40.9 Å². The number of imide groups is 1. The van der Waals surface area contributed by atoms with Crippen molar-refractivity contribution in [1.29, 1.82) is 0 Å². The van der Waals surface area contributed by atoms with Gasteiger partial charge >= 0.3 is 6.09 Å². The highest BCUT2D eigenvalue weighted by Crippen LogP contribution is 2.42. The van der Waals surface area contributed by atoms with E-state index in [1.165, 1.54) is 12.1 Å². The van der Waals surface area contributed by atoms with Gasteiger partial charge in [0.15, 0.2) is 0 Å². The van der Waals surface area contributed by atoms with E-state index in [1.807, 2.05) is 56.3 Å². The molecule has 29 heavy (non-hydrogen) atoms. The number of hydrogen-bond acceptors (Lipinski definition) is 4. The fraction of sp³-hybridized carbons (Fsp3) is 0.318. The SMILES string of the molecule is CCc1ccccc1NN1C(=O)C(CC(=O)N(C)C(=O)O)c2cccc(CC)c21. The second-order valence-electron chi connectivity index (χ2n) is 7.00. The topological polar surface area (TPSA) is 90.0 Å². The number of carbonyl (C=O) groups excluding carboxylic acids is 2. The van der Waals surface area contributed by atoms with Crippen LogP contribution in [0.15, 0.2) is 42.5 Å². The molecule has 3 rings (SSSR count). The molecule has 2 aromatic rings. The maximum Gasteiger partial charge on any atom is 0.413 e. The zero-order valence-electron chi connectivity index (χ0n) is 16.8. The van der Waals surface area contributed by atoms with Crippen LogP contribution in [0.25, 0.3) is 0 Å². The van der Waals surface area contributed by atoms with Gasteiger partial charge in [-0.3, -0.25) is 19.9 Å². The number of hydrazine groups is 1. The van der Waals surface area contributed by atoms with Gasteiger partial charge in [-0.15, -0.1) is 0 Å². The number of benzene rings is 2. The third kappa shape index (κ3) is 3.81. The molecule has 1 heterocycles. The maximum atomic E-state index is 13.3. The Morgan fingerprint density at radius 3 is 2.38 bits per heavy atom. The molecule has 2 N–H and O–H groups in total. The van der Waals surface area contributed by atoms with Gasteiger partial charge < -0.3 is 5.11 Å². The van der Waals surface area contributed by atoms with Crippen molar-refractivity contribution in [2.24, 2.45) is 0 Å². The highest BCUT2D eigenvalue weighted by atomic mass is 16.4. The van der Waals surface area contributed by atoms with Gasteiger partial charge in [-0.05, 0) is 35.6 Å². The van der Waals surface area contributed by atoms with Gasteiger partial charge in [0.2, 0.25) is 5.91 Å². The van der Waals surface area contributed by atoms with Crippen LogP contribution >= 0.6 is 0 Å². The monoisotopic (exact) mass is 395 g/mol. The van der Waals surface area contributed by atoms with Gasteiger partial charge in [0.05, 0.1) is 17.3 Å². The number of aryl methyl sites for hydroxylation is 2. The summed E-state index contributed by atoms with van der Waals surface area (Å²) in [6.07, 6.45) is -0.0108. The molecule has 0 aromatic heterocycles. The largest absolute Gasteiger partial charge is 0.465 e. The zero-order valence-corrected chi connectivity index (χ0v) is 16.8. The van der Waals surface area contributed by atoms with Crippen LogP contribution in [0.5, 0.6) is 0 Å². The summed E-state index contributed by atoms with van der Waals surface area (Å²) in [6, 6.07) is 13.4. The first kappa shape index (κ1) is 20.4. The highest BCUT2D eigenvalue weighted by molar-refractivity contribution is 6.09. The van der Waals surface area contributed by atoms with Crippen molar-refractivity contribution >= 4 is 29.3 Å². The van der Waals surface area contributed by atoms with E-state index in [2.05, 4.69) is 5.43 Å². The average molecular weight is 395 g/mol. The smallest absolute Gasteiger partial charge is 0.413 e. The summed E-state index contributed by atoms with van der Waals surface area (Å²) >= 11 is 0. The molecule has 0 fully saturated rings. The first-order valence-corrected chi connectivity index (χ1v) is 9.68. The fourth-order valence-corrected chi connectivity index (χ4v) is 3.63. The van der Waals surface area contributed by atoms with Crippen molar-refractivity contribution in [3.63, 3.8) is 0 Å². The molecule has 0 radical (unpaired) electrons. The van der Waals surface area contributed by atoms with Gasteiger partial charge in [-0.25, -0.2) is 9.80 Å². The summed E-state index contributed by atoms with van der Waals surface area (Å²) in [5.41, 5.74) is 7.61. The molecule has 0 spiro atoms. The third-order valence-corrected chi connectivity index (χ3v) is 5.32. The molecular weight excluding hydrogens is 370 g/mol. The lowest BCUT2D eigenvalue weighted by molar-refractivity contribution is -0.131. The Labute approximate surface area is 169 Å². The van der Waals surface area contributed by atoms with E-state index in [1.54, 1.807) is 0 Å². The van der Waals surface area contributed by atoms with Gasteiger partial charge in [0.1, 0.15) is 0 Å². The Kier molecular flexibility index (Phi) is 5.87. The minimum absolute atomic E-state index is 0.199. The summed E-state index contributed by atoms with van der Waals surface area (Å²) in [4.78, 5) is 37.4. The Morgan fingerprint density at radius 2 is 1.72 bits per heavy atom. The number of rotatable bonds is 6. The summed E-state index contributed by atoms with van der Waals surface area (Å²) in [5, 5.41) is 10.6. The Bertz CT molecular complexity index is 957. The van der Waals surface area contributed by atoms with Crippen molar-refractivity contribution in [2.45, 2.75) is 39.0 Å². The number of carboxylic acid groups (broad SMARTS) is 1. The lowest BCUT2D eigenvalue weighted by atomic mass is 9.94. The minimum Gasteiger partial charge on any atom is -0.465 e. The van der Waals surface area contributed by atoms with Crippen molar-refractivity contribution in [1.82, 2.24) is 4.90 Å². The number of nitrogens with one attached hydrogen (secondary N) is 1. The number of para-hydroxylation sites is 2. The molecule has 1 unspecified atom stereocenters. The summed E-state index contributed by atoms with van der Waals surface area (Å²) in [5.74, 6) is -1.61. The summed E-state index contributed by atoms with van der Waals surface area (Å²) in [6.45, 7) is 4.05. The number of nitrogens with zero attached hydrogens (tertiary/aromatic N) is 2. The standard InChI is InChI=1S/C22H25N3O4/c1-4-14-9-6-7-12-18(14)23-25-20-15(5-2)10-8-11-16(20)17(21(25)27)13-19(26)24(3)22(28)29/h6-12,17,23H,4-5,13H2,1-3H3,(H,28,29). The fourth-order valence-electron chi connectivity index (χ4n) is 3.63. The molecule has 0 saturated carbocycles. The lowest BCUT2D eigenvalue weighted by Crippen LogP contribution is -2.37. The van der Waals surface area contributed by atoms with Gasteiger partial charge in [-0.1, -0.05) is 50.2 Å². The van der Waals surface area contributed by atoms with E-state index < -0.39 is 17.9 Å². The molecule has 1 atom stereocenters. The Balaban J connectivity index is 2.00. The van der Waals surface area contributed by atoms with Gasteiger partial charge in [-0.2, -0.15) is 0 Å². The summed E-state index contributed by atoms with van der Waals surface area (Å²) < 4.78 is 0. The molecule has 0 aliphatic carbocycles. The van der Waals surface area contributed by atoms with E-state index in [9.17, 15) is 14.4 Å². The van der Waals surface area contributed by atoms with Crippen molar-refractivity contribution in [2.75, 3.05) is 17.5 Å². The molecule has 2 aromatic carbocycles. The molecule has 7 nitrogen and oxygen atoms in total. The number of amides is 3. The quantitative estimate of drug-likeness (QED) is 0.777. The van der Waals surface area contributed by atoms with Crippen LogP contribution < -0.4 is 10.4 Å². The van der Waals surface area contributed by atoms with Crippen LogP contribution in [0.4, 0.5) is 16.2 Å². The van der Waals surface area contributed by atoms with E-state index in [-0.39, 0.29) is 12.3 Å². The first-order valence-electron chi connectivity index (χ1n) is 9.68. The predicted molar refractivity (Wildman–Crippen MR) is 111 cm³/mol. The van der Waals surface area contributed by atoms with E-state index in [0.29, 0.717) is 4.90 Å². The Hall–Kier alpha value is -3.35.